The van der Waals surface area contributed by atoms with Gasteiger partial charge in [0.25, 0.3) is 0 Å². The van der Waals surface area contributed by atoms with Crippen molar-refractivity contribution in [3.05, 3.63) is 36.5 Å². The highest BCUT2D eigenvalue weighted by Crippen LogP contribution is 2.21. The number of phenols is 1. The van der Waals surface area contributed by atoms with Crippen LogP contribution in [-0.4, -0.2) is 35.5 Å². The summed E-state index contributed by atoms with van der Waals surface area (Å²) in [5.74, 6) is 1.28. The van der Waals surface area contributed by atoms with Gasteiger partial charge < -0.3 is 9.63 Å². The molecule has 2 aromatic heterocycles. The smallest absolute Gasteiger partial charge is 0.214 e. The molecule has 9 heteroatoms. The molecule has 3 rings (SSSR count). The minimum atomic E-state index is 0.192. The Morgan fingerprint density at radius 2 is 2.11 bits per heavy atom. The predicted octanol–water partition coefficient (Wildman–Crippen LogP) is 1.04. The van der Waals surface area contributed by atoms with E-state index in [0.29, 0.717) is 16.7 Å². The Kier molecular flexibility index (Phi) is 3.11. The fourth-order valence-electron chi connectivity index (χ4n) is 1.41. The Morgan fingerprint density at radius 3 is 2.84 bits per heavy atom. The van der Waals surface area contributed by atoms with Crippen molar-refractivity contribution in [3.8, 4) is 11.4 Å². The van der Waals surface area contributed by atoms with Crippen molar-refractivity contribution < 1.29 is 9.63 Å². The predicted molar refractivity (Wildman–Crippen MR) is 64.7 cm³/mol. The van der Waals surface area contributed by atoms with Crippen molar-refractivity contribution in [1.82, 2.24) is 30.3 Å². The van der Waals surface area contributed by atoms with Crippen molar-refractivity contribution in [1.29, 1.82) is 0 Å². The molecule has 3 aromatic rings. The van der Waals surface area contributed by atoms with E-state index >= 15 is 0 Å². The fourth-order valence-corrected chi connectivity index (χ4v) is 2.15. The molecule has 0 radical (unpaired) electrons. The summed E-state index contributed by atoms with van der Waals surface area (Å²) in [7, 11) is 0. The zero-order chi connectivity index (χ0) is 13.1. The van der Waals surface area contributed by atoms with Crippen LogP contribution in [0.4, 0.5) is 0 Å². The van der Waals surface area contributed by atoms with Crippen LogP contribution >= 0.6 is 11.8 Å². The molecule has 1 N–H and O–H groups in total. The van der Waals surface area contributed by atoms with E-state index in [9.17, 15) is 5.11 Å². The minimum absolute atomic E-state index is 0.192. The van der Waals surface area contributed by atoms with E-state index in [2.05, 4.69) is 30.2 Å². The van der Waals surface area contributed by atoms with E-state index in [0.717, 1.165) is 5.69 Å². The van der Waals surface area contributed by atoms with E-state index in [4.69, 9.17) is 0 Å². The first-order chi connectivity index (χ1) is 9.33. The number of phenolic OH excluding ortho intramolecular Hbond substituents is 1. The van der Waals surface area contributed by atoms with Gasteiger partial charge in [0.1, 0.15) is 5.75 Å². The summed E-state index contributed by atoms with van der Waals surface area (Å²) in [6.45, 7) is 0. The molecule has 8 nitrogen and oxygen atoms in total. The van der Waals surface area contributed by atoms with Crippen LogP contribution in [0.2, 0.25) is 0 Å². The number of benzene rings is 1. The van der Waals surface area contributed by atoms with Gasteiger partial charge in [-0.25, -0.2) is 0 Å². The number of nitrogens with zero attached hydrogens (tertiary/aromatic N) is 6. The fraction of sp³-hybridized carbons (Fsp3) is 0.100. The number of aromatic hydroxyl groups is 1. The zero-order valence-corrected chi connectivity index (χ0v) is 10.4. The first kappa shape index (κ1) is 11.7. The van der Waals surface area contributed by atoms with E-state index in [1.54, 1.807) is 28.9 Å². The lowest BCUT2D eigenvalue weighted by Gasteiger charge is -2.02. The number of rotatable bonds is 4. The summed E-state index contributed by atoms with van der Waals surface area (Å²) in [6, 6.07) is 6.60. The second kappa shape index (κ2) is 5.06. The topological polar surface area (TPSA) is 103 Å². The van der Waals surface area contributed by atoms with Gasteiger partial charge in [0.2, 0.25) is 11.6 Å². The zero-order valence-electron chi connectivity index (χ0n) is 9.54. The third kappa shape index (κ3) is 2.55. The SMILES string of the molecule is Oc1ccc(-n2nnnc2SCc2ncon2)cc1. The number of tetrazole rings is 1. The lowest BCUT2D eigenvalue weighted by molar-refractivity contribution is 0.412. The van der Waals surface area contributed by atoms with E-state index < -0.39 is 0 Å². The third-order valence-corrected chi connectivity index (χ3v) is 3.19. The van der Waals surface area contributed by atoms with Crippen LogP contribution in [0.25, 0.3) is 5.69 Å². The van der Waals surface area contributed by atoms with Gasteiger partial charge in [-0.3, -0.25) is 0 Å². The Hall–Kier alpha value is -2.42. The molecule has 0 unspecified atom stereocenters. The van der Waals surface area contributed by atoms with Crippen LogP contribution in [0.1, 0.15) is 5.82 Å². The lowest BCUT2D eigenvalue weighted by Crippen LogP contribution is -1.99. The highest BCUT2D eigenvalue weighted by Gasteiger charge is 2.10. The molecule has 0 saturated heterocycles. The first-order valence-corrected chi connectivity index (χ1v) is 6.27. The molecule has 0 aliphatic rings. The van der Waals surface area contributed by atoms with E-state index in [1.807, 2.05) is 0 Å². The molecule has 0 spiro atoms. The number of aromatic nitrogens is 6. The maximum atomic E-state index is 9.26. The van der Waals surface area contributed by atoms with Gasteiger partial charge >= 0.3 is 0 Å². The Bertz CT molecular complexity index is 651. The van der Waals surface area contributed by atoms with Crippen molar-refractivity contribution >= 4 is 11.8 Å². The summed E-state index contributed by atoms with van der Waals surface area (Å²) in [6.07, 6.45) is 1.28. The molecule has 0 atom stereocenters. The van der Waals surface area contributed by atoms with Crippen molar-refractivity contribution in [2.45, 2.75) is 10.9 Å². The summed E-state index contributed by atoms with van der Waals surface area (Å²) in [5, 5.41) is 25.0. The van der Waals surface area contributed by atoms with Gasteiger partial charge in [-0.15, -0.1) is 5.10 Å². The highest BCUT2D eigenvalue weighted by molar-refractivity contribution is 7.98. The minimum Gasteiger partial charge on any atom is -0.508 e. The second-order valence-corrected chi connectivity index (χ2v) is 4.47. The molecule has 96 valence electrons. The number of hydrogen-bond acceptors (Lipinski definition) is 8. The monoisotopic (exact) mass is 276 g/mol. The van der Waals surface area contributed by atoms with Gasteiger partial charge in [-0.2, -0.15) is 9.67 Å². The highest BCUT2D eigenvalue weighted by atomic mass is 32.2. The Morgan fingerprint density at radius 1 is 1.26 bits per heavy atom. The van der Waals surface area contributed by atoms with Gasteiger partial charge in [0.15, 0.2) is 5.82 Å². The van der Waals surface area contributed by atoms with Crippen LogP contribution in [0, 0.1) is 0 Å². The Labute approximate surface area is 111 Å². The maximum absolute atomic E-state index is 9.26. The first-order valence-electron chi connectivity index (χ1n) is 5.29. The molecule has 2 heterocycles. The Balaban J connectivity index is 1.80. The van der Waals surface area contributed by atoms with E-state index in [-0.39, 0.29) is 5.75 Å². The second-order valence-electron chi connectivity index (χ2n) is 3.53. The largest absolute Gasteiger partial charge is 0.508 e. The normalized spacial score (nSPS) is 10.7. The molecule has 19 heavy (non-hydrogen) atoms. The molecule has 0 aliphatic heterocycles. The van der Waals surface area contributed by atoms with Crippen LogP contribution < -0.4 is 0 Å². The third-order valence-electron chi connectivity index (χ3n) is 2.27. The average molecular weight is 276 g/mol. The van der Waals surface area contributed by atoms with Crippen LogP contribution in [-0.2, 0) is 5.75 Å². The van der Waals surface area contributed by atoms with Crippen molar-refractivity contribution in [2.75, 3.05) is 0 Å². The standard InChI is InChI=1S/C10H8N6O2S/c17-8-3-1-7(2-4-8)16-10(12-14-15-16)19-5-9-11-6-18-13-9/h1-4,6,17H,5H2. The van der Waals surface area contributed by atoms with Gasteiger partial charge in [0, 0.05) is 0 Å². The van der Waals surface area contributed by atoms with Crippen LogP contribution in [0.5, 0.6) is 5.75 Å². The van der Waals surface area contributed by atoms with Crippen LogP contribution in [0.15, 0.2) is 40.3 Å². The molecule has 0 fully saturated rings. The lowest BCUT2D eigenvalue weighted by atomic mass is 10.3. The molecule has 0 bridgehead atoms. The number of thioether (sulfide) groups is 1. The number of hydrogen-bond donors (Lipinski definition) is 1. The van der Waals surface area contributed by atoms with Gasteiger partial charge in [-0.05, 0) is 34.7 Å². The quantitative estimate of drug-likeness (QED) is 0.705. The summed E-state index contributed by atoms with van der Waals surface area (Å²) < 4.78 is 6.23. The molecule has 0 aliphatic carbocycles. The van der Waals surface area contributed by atoms with Crippen LogP contribution in [0.3, 0.4) is 0 Å². The molecule has 1 aromatic carbocycles. The van der Waals surface area contributed by atoms with Gasteiger partial charge in [-0.1, -0.05) is 16.9 Å². The van der Waals surface area contributed by atoms with Crippen molar-refractivity contribution in [2.24, 2.45) is 0 Å². The van der Waals surface area contributed by atoms with Crippen molar-refractivity contribution in [3.63, 3.8) is 0 Å². The summed E-state index contributed by atoms with van der Waals surface area (Å²) in [5.41, 5.74) is 0.762. The maximum Gasteiger partial charge on any atom is 0.214 e. The molecule has 0 saturated carbocycles. The van der Waals surface area contributed by atoms with Gasteiger partial charge in [0.05, 0.1) is 11.4 Å². The van der Waals surface area contributed by atoms with E-state index in [1.165, 1.54) is 18.2 Å². The molecular formula is C10H8N6O2S. The summed E-state index contributed by atoms with van der Waals surface area (Å²) in [4.78, 5) is 3.92. The molecule has 0 amide bonds. The summed E-state index contributed by atoms with van der Waals surface area (Å²) >= 11 is 1.39. The molecular weight excluding hydrogens is 268 g/mol. The average Bonchev–Trinajstić information content (AvgIpc) is 3.08.